The Morgan fingerprint density at radius 2 is 1.81 bits per heavy atom. The number of hydrogen-bond acceptors (Lipinski definition) is 1. The van der Waals surface area contributed by atoms with Crippen LogP contribution in [-0.2, 0) is 0 Å². The molecule has 1 atom stereocenters. The van der Waals surface area contributed by atoms with E-state index in [2.05, 4.69) is 0 Å². The number of carbonyl (C=O) groups excluding carboxylic acids is 1. The first-order chi connectivity index (χ1) is 6.84. The maximum atomic E-state index is 12.4. The zero-order chi connectivity index (χ0) is 11.6. The van der Waals surface area contributed by atoms with E-state index in [-0.39, 0.29) is 28.1 Å². The van der Waals surface area contributed by atoms with Crippen molar-refractivity contribution in [2.24, 2.45) is 5.73 Å². The minimum atomic E-state index is -4.37. The molecule has 0 unspecified atom stereocenters. The zero-order valence-corrected chi connectivity index (χ0v) is 10.1. The lowest BCUT2D eigenvalue weighted by molar-refractivity contribution is -0.146. The van der Waals surface area contributed by atoms with E-state index in [9.17, 15) is 18.0 Å². The summed E-state index contributed by atoms with van der Waals surface area (Å²) in [5.41, 5.74) is 4.82. The van der Waals surface area contributed by atoms with Crippen LogP contribution in [0.2, 0.25) is 0 Å². The fraction of sp³-hybridized carbons (Fsp3) is 0.300. The number of nitrogens with two attached hydrogens (primary N) is 1. The normalized spacial score (nSPS) is 12.8. The fourth-order valence-electron chi connectivity index (χ4n) is 1.28. The topological polar surface area (TPSA) is 43.1 Å². The minimum absolute atomic E-state index is 0. The van der Waals surface area contributed by atoms with Gasteiger partial charge in [-0.2, -0.15) is 13.2 Å². The third-order valence-electron chi connectivity index (χ3n) is 2.18. The van der Waals surface area contributed by atoms with E-state index in [0.717, 1.165) is 6.92 Å². The maximum absolute atomic E-state index is 12.4. The smallest absolute Gasteiger partial charge is 0.366 e. The van der Waals surface area contributed by atoms with E-state index in [1.54, 1.807) is 0 Å². The predicted molar refractivity (Wildman–Crippen MR) is 59.8 cm³/mol. The highest BCUT2D eigenvalue weighted by molar-refractivity contribution is 8.93. The molecule has 0 heterocycles. The molecule has 0 aliphatic heterocycles. The maximum Gasteiger partial charge on any atom is 0.395 e. The second kappa shape index (κ2) is 5.34. The molecule has 1 aromatic carbocycles. The molecule has 1 aromatic rings. The van der Waals surface area contributed by atoms with Gasteiger partial charge in [0.05, 0.1) is 5.92 Å². The van der Waals surface area contributed by atoms with Crippen LogP contribution in [0.25, 0.3) is 0 Å². The highest BCUT2D eigenvalue weighted by atomic mass is 79.9. The van der Waals surface area contributed by atoms with Crippen molar-refractivity contribution in [3.8, 4) is 0 Å². The van der Waals surface area contributed by atoms with Gasteiger partial charge in [0.2, 0.25) is 5.91 Å². The molecule has 0 saturated carbocycles. The summed E-state index contributed by atoms with van der Waals surface area (Å²) in [6.45, 7) is 1.00. The van der Waals surface area contributed by atoms with Crippen LogP contribution < -0.4 is 5.73 Å². The van der Waals surface area contributed by atoms with Crippen molar-refractivity contribution in [2.45, 2.75) is 19.0 Å². The number of halogens is 4. The van der Waals surface area contributed by atoms with Gasteiger partial charge in [-0.15, -0.1) is 17.0 Å². The summed E-state index contributed by atoms with van der Waals surface area (Å²) in [7, 11) is 0. The summed E-state index contributed by atoms with van der Waals surface area (Å²) in [6.07, 6.45) is -4.37. The van der Waals surface area contributed by atoms with Crippen LogP contribution in [0.3, 0.4) is 0 Å². The molecule has 0 fully saturated rings. The lowest BCUT2D eigenvalue weighted by Crippen LogP contribution is -2.22. The van der Waals surface area contributed by atoms with Gasteiger partial charge in [0.25, 0.3) is 0 Å². The highest BCUT2D eigenvalue weighted by Gasteiger charge is 2.38. The van der Waals surface area contributed by atoms with Crippen LogP contribution in [0.1, 0.15) is 28.8 Å². The van der Waals surface area contributed by atoms with E-state index >= 15 is 0 Å². The van der Waals surface area contributed by atoms with Crippen molar-refractivity contribution >= 4 is 22.9 Å². The number of hydrogen-bond donors (Lipinski definition) is 1. The Kier molecular flexibility index (Phi) is 4.99. The molecular weight excluding hydrogens is 287 g/mol. The van der Waals surface area contributed by atoms with Crippen molar-refractivity contribution in [2.75, 3.05) is 0 Å². The van der Waals surface area contributed by atoms with Crippen LogP contribution in [-0.4, -0.2) is 12.1 Å². The quantitative estimate of drug-likeness (QED) is 0.896. The van der Waals surface area contributed by atoms with E-state index in [4.69, 9.17) is 5.73 Å². The van der Waals surface area contributed by atoms with Crippen LogP contribution in [0, 0.1) is 0 Å². The Balaban J connectivity index is 0.00000225. The van der Waals surface area contributed by atoms with E-state index in [0.29, 0.717) is 0 Å². The molecule has 0 radical (unpaired) electrons. The summed E-state index contributed by atoms with van der Waals surface area (Å²) in [5.74, 6) is -2.54. The summed E-state index contributed by atoms with van der Waals surface area (Å²) in [6, 6.07) is 5.48. The average Bonchev–Trinajstić information content (AvgIpc) is 2.15. The lowest BCUT2D eigenvalue weighted by Gasteiger charge is -2.17. The monoisotopic (exact) mass is 297 g/mol. The van der Waals surface area contributed by atoms with Crippen molar-refractivity contribution in [1.29, 1.82) is 0 Å². The Bertz CT molecular complexity index is 379. The Morgan fingerprint density at radius 3 is 2.25 bits per heavy atom. The molecule has 1 rings (SSSR count). The first-order valence-corrected chi connectivity index (χ1v) is 4.29. The molecule has 2 nitrogen and oxygen atoms in total. The molecule has 6 heteroatoms. The molecule has 0 saturated heterocycles. The van der Waals surface area contributed by atoms with Crippen LogP contribution >= 0.6 is 17.0 Å². The number of alkyl halides is 3. The molecule has 2 N–H and O–H groups in total. The fourth-order valence-corrected chi connectivity index (χ4v) is 1.28. The molecule has 0 spiro atoms. The van der Waals surface area contributed by atoms with Crippen molar-refractivity contribution in [1.82, 2.24) is 0 Å². The lowest BCUT2D eigenvalue weighted by atomic mass is 9.95. The number of benzene rings is 1. The molecule has 0 aromatic heterocycles. The van der Waals surface area contributed by atoms with Gasteiger partial charge in [-0.3, -0.25) is 4.79 Å². The second-order valence-electron chi connectivity index (χ2n) is 3.21. The van der Waals surface area contributed by atoms with Gasteiger partial charge in [-0.05, 0) is 18.6 Å². The van der Waals surface area contributed by atoms with Gasteiger partial charge in [0.15, 0.2) is 0 Å². The summed E-state index contributed by atoms with van der Waals surface area (Å²) in [5, 5.41) is 0. The number of rotatable bonds is 2. The largest absolute Gasteiger partial charge is 0.395 e. The standard InChI is InChI=1S/C10H10F3NO.BrH/c1-6(10(11,12)13)7-4-2-3-5-8(7)9(14)15;/h2-6H,1H3,(H2,14,15);1H/t6-;/m0./s1. The molecule has 0 aliphatic carbocycles. The van der Waals surface area contributed by atoms with E-state index in [1.165, 1.54) is 24.3 Å². The summed E-state index contributed by atoms with van der Waals surface area (Å²) in [4.78, 5) is 10.9. The summed E-state index contributed by atoms with van der Waals surface area (Å²) < 4.78 is 37.3. The van der Waals surface area contributed by atoms with Crippen molar-refractivity contribution in [3.63, 3.8) is 0 Å². The van der Waals surface area contributed by atoms with Crippen molar-refractivity contribution in [3.05, 3.63) is 35.4 Å². The van der Waals surface area contributed by atoms with Crippen LogP contribution in [0.15, 0.2) is 24.3 Å². The Morgan fingerprint density at radius 1 is 1.31 bits per heavy atom. The van der Waals surface area contributed by atoms with Gasteiger partial charge >= 0.3 is 6.18 Å². The van der Waals surface area contributed by atoms with Crippen LogP contribution in [0.4, 0.5) is 13.2 Å². The van der Waals surface area contributed by atoms with Crippen molar-refractivity contribution < 1.29 is 18.0 Å². The predicted octanol–water partition coefficient (Wildman–Crippen LogP) is 3.03. The van der Waals surface area contributed by atoms with Gasteiger partial charge in [-0.25, -0.2) is 0 Å². The number of carbonyl (C=O) groups is 1. The molecule has 0 aliphatic rings. The van der Waals surface area contributed by atoms with Gasteiger partial charge in [0.1, 0.15) is 0 Å². The van der Waals surface area contributed by atoms with Gasteiger partial charge in [0, 0.05) is 5.56 Å². The van der Waals surface area contributed by atoms with Crippen LogP contribution in [0.5, 0.6) is 0 Å². The molecule has 16 heavy (non-hydrogen) atoms. The minimum Gasteiger partial charge on any atom is -0.366 e. The first-order valence-electron chi connectivity index (χ1n) is 4.29. The highest BCUT2D eigenvalue weighted by Crippen LogP contribution is 2.35. The average molecular weight is 298 g/mol. The van der Waals surface area contributed by atoms with E-state index in [1.807, 2.05) is 0 Å². The SMILES string of the molecule is Br.C[C@@H](c1ccccc1C(N)=O)C(F)(F)F. The number of primary amides is 1. The zero-order valence-electron chi connectivity index (χ0n) is 8.41. The number of amides is 1. The van der Waals surface area contributed by atoms with Gasteiger partial charge < -0.3 is 5.73 Å². The van der Waals surface area contributed by atoms with E-state index < -0.39 is 18.0 Å². The summed E-state index contributed by atoms with van der Waals surface area (Å²) >= 11 is 0. The molecular formula is C10H11BrF3NO. The first kappa shape index (κ1) is 15.0. The second-order valence-corrected chi connectivity index (χ2v) is 3.21. The third-order valence-corrected chi connectivity index (χ3v) is 2.18. The molecule has 1 amide bonds. The Hall–Kier alpha value is -1.04. The third kappa shape index (κ3) is 3.23. The Labute approximate surface area is 101 Å². The molecule has 90 valence electrons. The van der Waals surface area contributed by atoms with Gasteiger partial charge in [-0.1, -0.05) is 18.2 Å². The molecule has 0 bridgehead atoms.